The fourth-order valence-electron chi connectivity index (χ4n) is 6.04. The molecule has 1 saturated heterocycles. The second-order valence-electron chi connectivity index (χ2n) is 12.9. The molecular formula is C29H49N4NaO5. The number of carboxylic acid groups (broad SMARTS) is 1. The summed E-state index contributed by atoms with van der Waals surface area (Å²) in [5.41, 5.74) is 1.23. The van der Waals surface area contributed by atoms with Gasteiger partial charge in [-0.3, -0.25) is 0 Å². The molecule has 0 aromatic carbocycles. The molecule has 1 aromatic rings. The smallest absolute Gasteiger partial charge is 0.550 e. The Morgan fingerprint density at radius 2 is 1.90 bits per heavy atom. The molecule has 1 saturated carbocycles. The first-order valence-electron chi connectivity index (χ1n) is 14.3. The van der Waals surface area contributed by atoms with Crippen LogP contribution in [0.1, 0.15) is 103 Å². The van der Waals surface area contributed by atoms with Crippen molar-refractivity contribution in [3.05, 3.63) is 17.5 Å². The summed E-state index contributed by atoms with van der Waals surface area (Å²) in [6.07, 6.45) is 7.13. The van der Waals surface area contributed by atoms with Gasteiger partial charge in [-0.15, -0.1) is 0 Å². The first-order chi connectivity index (χ1) is 17.7. The van der Waals surface area contributed by atoms with E-state index in [-0.39, 0.29) is 59.1 Å². The molecule has 2 fully saturated rings. The van der Waals surface area contributed by atoms with Gasteiger partial charge in [-0.1, -0.05) is 27.2 Å². The molecule has 1 amide bonds. The van der Waals surface area contributed by atoms with Crippen molar-refractivity contribution in [1.82, 2.24) is 19.6 Å². The summed E-state index contributed by atoms with van der Waals surface area (Å²) >= 11 is 0. The first kappa shape index (κ1) is 34.1. The Labute approximate surface area is 257 Å². The average molecular weight is 557 g/mol. The van der Waals surface area contributed by atoms with Gasteiger partial charge in [0.15, 0.2) is 0 Å². The van der Waals surface area contributed by atoms with Gasteiger partial charge in [0.2, 0.25) is 0 Å². The minimum absolute atomic E-state index is 0. The fourth-order valence-corrected chi connectivity index (χ4v) is 6.04. The number of nitrogens with zero attached hydrogens (tertiary/aromatic N) is 4. The van der Waals surface area contributed by atoms with Crippen LogP contribution in [-0.4, -0.2) is 71.0 Å². The quantitative estimate of drug-likeness (QED) is 0.421. The minimum atomic E-state index is -0.961. The normalized spacial score (nSPS) is 25.2. The Balaban J connectivity index is 0.00000533. The zero-order valence-electron chi connectivity index (χ0n) is 25.8. The standard InChI is InChI=1S/C29H50N4O5.Na/c1-9-22-16-20(17-23(26(34)35)29(22,5)6)25-21(19-33(30-25)24-12-10-11-15-37-24)18-31(7)13-14-32(8)27(36)38-28(2,3)4;/h19-20,22-24H,9-18H2,1-8H3,(H,34,35);/q;+1/p-1. The van der Waals surface area contributed by atoms with Gasteiger partial charge in [-0.05, 0) is 71.3 Å². The largest absolute Gasteiger partial charge is 1.00 e. The summed E-state index contributed by atoms with van der Waals surface area (Å²) < 4.78 is 13.5. The Morgan fingerprint density at radius 1 is 1.21 bits per heavy atom. The van der Waals surface area contributed by atoms with Crippen LogP contribution in [0.3, 0.4) is 0 Å². The number of carboxylic acids is 1. The van der Waals surface area contributed by atoms with Gasteiger partial charge in [0, 0.05) is 62.9 Å². The van der Waals surface area contributed by atoms with E-state index < -0.39 is 17.5 Å². The molecule has 0 bridgehead atoms. The molecule has 1 aliphatic heterocycles. The summed E-state index contributed by atoms with van der Waals surface area (Å²) in [6.45, 7) is 14.4. The van der Waals surface area contributed by atoms with Crippen molar-refractivity contribution >= 4 is 12.1 Å². The molecule has 1 aliphatic carbocycles. The number of hydrogen-bond acceptors (Lipinski definition) is 7. The van der Waals surface area contributed by atoms with E-state index in [2.05, 4.69) is 31.9 Å². The van der Waals surface area contributed by atoms with Crippen molar-refractivity contribution in [2.75, 3.05) is 33.8 Å². The van der Waals surface area contributed by atoms with Gasteiger partial charge in [-0.25, -0.2) is 9.48 Å². The Hall–Kier alpha value is -1.13. The van der Waals surface area contributed by atoms with Crippen molar-refractivity contribution in [1.29, 1.82) is 0 Å². The molecule has 1 aromatic heterocycles. The number of aromatic nitrogens is 2. The second kappa shape index (κ2) is 14.2. The fraction of sp³-hybridized carbons (Fsp3) is 0.828. The van der Waals surface area contributed by atoms with Crippen molar-refractivity contribution in [2.24, 2.45) is 17.3 Å². The van der Waals surface area contributed by atoms with Crippen molar-refractivity contribution in [2.45, 2.75) is 104 Å². The summed E-state index contributed by atoms with van der Waals surface area (Å²) in [6, 6.07) is 0. The van der Waals surface area contributed by atoms with Crippen LogP contribution in [0.2, 0.25) is 0 Å². The number of carbonyl (C=O) groups is 2. The van der Waals surface area contributed by atoms with E-state index >= 15 is 0 Å². The molecule has 2 heterocycles. The van der Waals surface area contributed by atoms with E-state index in [1.54, 1.807) is 11.9 Å². The van der Waals surface area contributed by atoms with Gasteiger partial charge in [0.25, 0.3) is 0 Å². The molecule has 4 unspecified atom stereocenters. The molecule has 0 spiro atoms. The van der Waals surface area contributed by atoms with Crippen LogP contribution in [-0.2, 0) is 20.8 Å². The number of aliphatic carboxylic acids is 1. The SMILES string of the molecule is CCC1CC(c2nn(C3CCCCO3)cc2CN(C)CCN(C)C(=O)OC(C)(C)C)CC(C(=O)[O-])C1(C)C.[Na+]. The minimum Gasteiger partial charge on any atom is -0.550 e. The second-order valence-corrected chi connectivity index (χ2v) is 12.9. The summed E-state index contributed by atoms with van der Waals surface area (Å²) in [5.74, 6) is -1.16. The molecule has 2 aliphatic rings. The summed E-state index contributed by atoms with van der Waals surface area (Å²) in [4.78, 5) is 28.4. The number of likely N-dealkylation sites (N-methyl/N-ethyl adjacent to an activating group) is 2. The van der Waals surface area contributed by atoms with Crippen LogP contribution in [0.25, 0.3) is 0 Å². The third kappa shape index (κ3) is 8.93. The number of carbonyl (C=O) groups excluding carboxylic acids is 2. The zero-order valence-corrected chi connectivity index (χ0v) is 27.8. The first-order valence-corrected chi connectivity index (χ1v) is 14.3. The van der Waals surface area contributed by atoms with Crippen molar-refractivity contribution in [3.63, 3.8) is 0 Å². The molecule has 10 heteroatoms. The summed E-state index contributed by atoms with van der Waals surface area (Å²) in [5, 5.41) is 17.3. The van der Waals surface area contributed by atoms with Crippen LogP contribution in [0.4, 0.5) is 4.79 Å². The molecule has 4 atom stereocenters. The topological polar surface area (TPSA) is 100.0 Å². The molecule has 39 heavy (non-hydrogen) atoms. The zero-order chi connectivity index (χ0) is 28.3. The van der Waals surface area contributed by atoms with E-state index in [0.29, 0.717) is 26.1 Å². The molecule has 0 N–H and O–H groups in total. The summed E-state index contributed by atoms with van der Waals surface area (Å²) in [7, 11) is 3.78. The monoisotopic (exact) mass is 556 g/mol. The molecular weight excluding hydrogens is 507 g/mol. The Morgan fingerprint density at radius 3 is 2.46 bits per heavy atom. The molecule has 0 radical (unpaired) electrons. The van der Waals surface area contributed by atoms with Crippen molar-refractivity contribution in [3.8, 4) is 0 Å². The third-order valence-electron chi connectivity index (χ3n) is 8.46. The molecule has 3 rings (SSSR count). The average Bonchev–Trinajstić information content (AvgIpc) is 3.25. The van der Waals surface area contributed by atoms with E-state index in [1.807, 2.05) is 32.5 Å². The van der Waals surface area contributed by atoms with Gasteiger partial charge in [0.1, 0.15) is 11.8 Å². The predicted molar refractivity (Wildman–Crippen MR) is 144 cm³/mol. The van der Waals surface area contributed by atoms with E-state index in [1.165, 1.54) is 0 Å². The van der Waals surface area contributed by atoms with E-state index in [4.69, 9.17) is 14.6 Å². The van der Waals surface area contributed by atoms with Crippen LogP contribution in [0.5, 0.6) is 0 Å². The Bertz CT molecular complexity index is 954. The third-order valence-corrected chi connectivity index (χ3v) is 8.46. The van der Waals surface area contributed by atoms with Gasteiger partial charge in [0.05, 0.1) is 5.69 Å². The Kier molecular flexibility index (Phi) is 12.4. The van der Waals surface area contributed by atoms with E-state index in [9.17, 15) is 14.7 Å². The van der Waals surface area contributed by atoms with Crippen LogP contribution in [0.15, 0.2) is 6.20 Å². The maximum atomic E-state index is 12.4. The molecule has 9 nitrogen and oxygen atoms in total. The predicted octanol–water partition coefficient (Wildman–Crippen LogP) is 1.18. The number of rotatable bonds is 9. The number of amides is 1. The number of ether oxygens (including phenoxy) is 2. The van der Waals surface area contributed by atoms with Crippen LogP contribution < -0.4 is 34.7 Å². The van der Waals surface area contributed by atoms with Gasteiger partial charge >= 0.3 is 35.7 Å². The van der Waals surface area contributed by atoms with E-state index in [0.717, 1.165) is 50.0 Å². The van der Waals surface area contributed by atoms with Crippen molar-refractivity contribution < 1.29 is 53.7 Å². The maximum Gasteiger partial charge on any atom is 1.00 e. The number of hydrogen-bond donors (Lipinski definition) is 0. The molecule has 216 valence electrons. The van der Waals surface area contributed by atoms with Crippen LogP contribution in [0, 0.1) is 17.3 Å². The van der Waals surface area contributed by atoms with Crippen LogP contribution >= 0.6 is 0 Å². The maximum absolute atomic E-state index is 12.4. The van der Waals surface area contributed by atoms with Gasteiger partial charge in [-0.2, -0.15) is 5.10 Å². The van der Waals surface area contributed by atoms with Gasteiger partial charge < -0.3 is 29.2 Å².